The second kappa shape index (κ2) is 15.8. The zero-order valence-electron chi connectivity index (χ0n) is 13.9. The predicted molar refractivity (Wildman–Crippen MR) is 88.7 cm³/mol. The molecule has 0 saturated carbocycles. The van der Waals surface area contributed by atoms with Crippen LogP contribution in [-0.4, -0.2) is 57.2 Å². The Hall–Kier alpha value is 0.420. The molecule has 0 atom stereocenters. The topological polar surface area (TPSA) is 48.0 Å². The molecular weight excluding hydrogens is 297 g/mol. The summed E-state index contributed by atoms with van der Waals surface area (Å²) in [6.45, 7) is 11.6. The SMILES string of the molecule is CCOC.CCOP(=O)(OCC)SCCN(CC)CC. The second-order valence-corrected chi connectivity index (χ2v) is 7.91. The van der Waals surface area contributed by atoms with Gasteiger partial charge in [-0.3, -0.25) is 0 Å². The second-order valence-electron chi connectivity index (χ2n) is 3.72. The molecule has 0 aliphatic heterocycles. The van der Waals surface area contributed by atoms with E-state index in [4.69, 9.17) is 9.05 Å². The normalized spacial score (nSPS) is 11.3. The molecule has 0 amide bonds. The van der Waals surface area contributed by atoms with Gasteiger partial charge in [-0.25, -0.2) is 4.57 Å². The lowest BCUT2D eigenvalue weighted by molar-refractivity contribution is 0.215. The van der Waals surface area contributed by atoms with Gasteiger partial charge in [0.25, 0.3) is 0 Å². The quantitative estimate of drug-likeness (QED) is 0.536. The van der Waals surface area contributed by atoms with Crippen LogP contribution in [0.4, 0.5) is 0 Å². The van der Waals surface area contributed by atoms with Crippen LogP contribution in [0, 0.1) is 0 Å². The lowest BCUT2D eigenvalue weighted by Crippen LogP contribution is -2.25. The summed E-state index contributed by atoms with van der Waals surface area (Å²) >= 11 is 1.30. The maximum absolute atomic E-state index is 12.1. The molecule has 0 radical (unpaired) electrons. The van der Waals surface area contributed by atoms with Crippen LogP contribution in [0.3, 0.4) is 0 Å². The highest BCUT2D eigenvalue weighted by molar-refractivity contribution is 8.55. The monoisotopic (exact) mass is 329 g/mol. The molecule has 7 heteroatoms. The molecular formula is C13H32NO4PS. The van der Waals surface area contributed by atoms with Crippen LogP contribution in [0.2, 0.25) is 0 Å². The molecule has 0 aromatic heterocycles. The largest absolute Gasteiger partial charge is 0.389 e. The predicted octanol–water partition coefficient (Wildman–Crippen LogP) is 3.90. The van der Waals surface area contributed by atoms with E-state index in [9.17, 15) is 4.57 Å². The van der Waals surface area contributed by atoms with Crippen LogP contribution >= 0.6 is 18.2 Å². The van der Waals surface area contributed by atoms with Crippen molar-refractivity contribution < 1.29 is 18.3 Å². The summed E-state index contributed by atoms with van der Waals surface area (Å²) in [5.74, 6) is 0.777. The van der Waals surface area contributed by atoms with Crippen LogP contribution in [0.15, 0.2) is 0 Å². The minimum absolute atomic E-state index is 0.426. The molecule has 0 bridgehead atoms. The first-order valence-electron chi connectivity index (χ1n) is 7.28. The number of nitrogens with zero attached hydrogens (tertiary/aromatic N) is 1. The fourth-order valence-electron chi connectivity index (χ4n) is 1.25. The Morgan fingerprint density at radius 3 is 1.70 bits per heavy atom. The highest BCUT2D eigenvalue weighted by Gasteiger charge is 2.24. The van der Waals surface area contributed by atoms with Crippen LogP contribution < -0.4 is 0 Å². The van der Waals surface area contributed by atoms with Gasteiger partial charge in [-0.05, 0) is 45.2 Å². The van der Waals surface area contributed by atoms with Crippen LogP contribution in [0.25, 0.3) is 0 Å². The molecule has 0 N–H and O–H groups in total. The summed E-state index contributed by atoms with van der Waals surface area (Å²) in [6, 6.07) is 0. The summed E-state index contributed by atoms with van der Waals surface area (Å²) in [5, 5.41) is 0. The first-order chi connectivity index (χ1) is 9.53. The van der Waals surface area contributed by atoms with Crippen molar-refractivity contribution >= 4 is 18.2 Å². The molecule has 0 heterocycles. The van der Waals surface area contributed by atoms with E-state index in [1.807, 2.05) is 20.8 Å². The molecule has 0 unspecified atom stereocenters. The first-order valence-corrected chi connectivity index (χ1v) is 10.4. The third-order valence-electron chi connectivity index (χ3n) is 2.41. The minimum Gasteiger partial charge on any atom is -0.385 e. The van der Waals surface area contributed by atoms with Crippen LogP contribution in [0.5, 0.6) is 0 Å². The Balaban J connectivity index is 0. The Kier molecular flexibility index (Phi) is 17.9. The smallest absolute Gasteiger partial charge is 0.385 e. The minimum atomic E-state index is -2.91. The van der Waals surface area contributed by atoms with Crippen molar-refractivity contribution in [3.8, 4) is 0 Å². The van der Waals surface area contributed by atoms with Crippen molar-refractivity contribution in [1.82, 2.24) is 4.90 Å². The summed E-state index contributed by atoms with van der Waals surface area (Å²) < 4.78 is 27.0. The van der Waals surface area contributed by atoms with Gasteiger partial charge in [-0.15, -0.1) is 0 Å². The molecule has 124 valence electrons. The van der Waals surface area contributed by atoms with Gasteiger partial charge >= 0.3 is 6.80 Å². The Morgan fingerprint density at radius 1 is 0.950 bits per heavy atom. The van der Waals surface area contributed by atoms with Gasteiger partial charge in [0.2, 0.25) is 0 Å². The lowest BCUT2D eigenvalue weighted by Gasteiger charge is -2.20. The van der Waals surface area contributed by atoms with Gasteiger partial charge in [0.1, 0.15) is 0 Å². The Morgan fingerprint density at radius 2 is 1.40 bits per heavy atom. The van der Waals surface area contributed by atoms with E-state index in [0.717, 1.165) is 32.0 Å². The van der Waals surface area contributed by atoms with Crippen molar-refractivity contribution in [2.24, 2.45) is 0 Å². The third-order valence-corrected chi connectivity index (χ3v) is 6.37. The van der Waals surface area contributed by atoms with E-state index in [1.165, 1.54) is 11.4 Å². The summed E-state index contributed by atoms with van der Waals surface area (Å²) in [5.41, 5.74) is 0. The Labute approximate surface area is 129 Å². The van der Waals surface area contributed by atoms with Gasteiger partial charge in [0.15, 0.2) is 0 Å². The summed E-state index contributed by atoms with van der Waals surface area (Å²) in [6.07, 6.45) is 0. The van der Waals surface area contributed by atoms with Crippen molar-refractivity contribution in [2.75, 3.05) is 52.3 Å². The van der Waals surface area contributed by atoms with Crippen molar-refractivity contribution in [1.29, 1.82) is 0 Å². The van der Waals surface area contributed by atoms with E-state index < -0.39 is 6.80 Å². The maximum Gasteiger partial charge on any atom is 0.389 e. The molecule has 0 aliphatic rings. The maximum atomic E-state index is 12.1. The standard InChI is InChI=1S/C10H24NO3PS.C3H8O/c1-5-11(6-2)9-10-16-15(12,13-7-3)14-8-4;1-3-4-2/h5-10H2,1-4H3;3H2,1-2H3. The van der Waals surface area contributed by atoms with Gasteiger partial charge in [-0.1, -0.05) is 13.8 Å². The molecule has 0 saturated heterocycles. The van der Waals surface area contributed by atoms with Crippen LogP contribution in [-0.2, 0) is 18.3 Å². The fraction of sp³-hybridized carbons (Fsp3) is 1.00. The molecule has 0 aromatic carbocycles. The van der Waals surface area contributed by atoms with E-state index in [1.54, 1.807) is 7.11 Å². The summed E-state index contributed by atoms with van der Waals surface area (Å²) in [7, 11) is 1.68. The van der Waals surface area contributed by atoms with E-state index >= 15 is 0 Å². The average Bonchev–Trinajstić information content (AvgIpc) is 2.44. The zero-order valence-corrected chi connectivity index (χ0v) is 15.6. The Bertz CT molecular complexity index is 228. The van der Waals surface area contributed by atoms with Crippen LogP contribution in [0.1, 0.15) is 34.6 Å². The molecule has 0 rings (SSSR count). The average molecular weight is 329 g/mol. The highest BCUT2D eigenvalue weighted by atomic mass is 32.7. The fourth-order valence-corrected chi connectivity index (χ4v) is 4.66. The van der Waals surface area contributed by atoms with Crippen molar-refractivity contribution in [3.63, 3.8) is 0 Å². The zero-order chi connectivity index (χ0) is 15.9. The lowest BCUT2D eigenvalue weighted by atomic mass is 10.5. The molecule has 0 aliphatic carbocycles. The van der Waals surface area contributed by atoms with Crippen molar-refractivity contribution in [3.05, 3.63) is 0 Å². The molecule has 0 fully saturated rings. The number of hydrogen-bond donors (Lipinski definition) is 0. The van der Waals surface area contributed by atoms with Gasteiger partial charge in [0, 0.05) is 26.0 Å². The van der Waals surface area contributed by atoms with Gasteiger partial charge in [-0.2, -0.15) is 0 Å². The van der Waals surface area contributed by atoms with E-state index in [0.29, 0.717) is 13.2 Å². The third kappa shape index (κ3) is 13.4. The molecule has 0 spiro atoms. The number of methoxy groups -OCH3 is 1. The summed E-state index contributed by atoms with van der Waals surface area (Å²) in [4.78, 5) is 2.29. The van der Waals surface area contributed by atoms with E-state index in [-0.39, 0.29) is 0 Å². The highest BCUT2D eigenvalue weighted by Crippen LogP contribution is 2.60. The van der Waals surface area contributed by atoms with E-state index in [2.05, 4.69) is 23.5 Å². The molecule has 5 nitrogen and oxygen atoms in total. The number of rotatable bonds is 11. The first kappa shape index (κ1) is 22.7. The number of hydrogen-bond acceptors (Lipinski definition) is 6. The van der Waals surface area contributed by atoms with Gasteiger partial charge < -0.3 is 18.7 Å². The molecule has 0 aromatic rings. The van der Waals surface area contributed by atoms with Crippen molar-refractivity contribution in [2.45, 2.75) is 34.6 Å². The molecule has 20 heavy (non-hydrogen) atoms. The van der Waals surface area contributed by atoms with Gasteiger partial charge in [0.05, 0.1) is 13.2 Å². The number of ether oxygens (including phenoxy) is 1.